The molecule has 8 heteroatoms. The van der Waals surface area contributed by atoms with Crippen molar-refractivity contribution < 1.29 is 22.0 Å². The van der Waals surface area contributed by atoms with Gasteiger partial charge in [-0.25, -0.2) is 0 Å². The molecule has 0 amide bonds. The highest BCUT2D eigenvalue weighted by molar-refractivity contribution is 7.09. The molecule has 2 nitrogen and oxygen atoms in total. The minimum Gasteiger partial charge on any atom is -0.188 e. The molecule has 0 saturated heterocycles. The first-order valence-corrected chi connectivity index (χ1v) is 3.45. The van der Waals surface area contributed by atoms with E-state index in [4.69, 9.17) is 0 Å². The number of hydrogen-bond donors (Lipinski definition) is 0. The first-order valence-electron chi connectivity index (χ1n) is 2.57. The predicted octanol–water partition coefficient (Wildman–Crippen LogP) is 2.19. The van der Waals surface area contributed by atoms with Crippen LogP contribution in [-0.2, 0) is 5.92 Å². The van der Waals surface area contributed by atoms with E-state index in [0.717, 1.165) is 5.51 Å². The summed E-state index contributed by atoms with van der Waals surface area (Å²) in [6.45, 7) is 0. The van der Waals surface area contributed by atoms with E-state index in [2.05, 4.69) is 10.2 Å². The molecule has 1 aromatic heterocycles. The Labute approximate surface area is 67.0 Å². The molecule has 0 aliphatic carbocycles. The lowest BCUT2D eigenvalue weighted by Gasteiger charge is -2.15. The maximum absolute atomic E-state index is 12.3. The first kappa shape index (κ1) is 9.30. The number of hydrogen-bond acceptors (Lipinski definition) is 3. The van der Waals surface area contributed by atoms with Gasteiger partial charge < -0.3 is 0 Å². The van der Waals surface area contributed by atoms with Gasteiger partial charge in [0.15, 0.2) is 5.01 Å². The molecule has 0 radical (unpaired) electrons. The zero-order chi connectivity index (χ0) is 9.41. The number of rotatable bonds is 1. The molecule has 1 aromatic rings. The summed E-state index contributed by atoms with van der Waals surface area (Å²) >= 11 is 0.165. The van der Waals surface area contributed by atoms with Crippen LogP contribution in [0.3, 0.4) is 0 Å². The van der Waals surface area contributed by atoms with Crippen LogP contribution in [0.25, 0.3) is 0 Å². The molecular formula is C4HF5N2S. The topological polar surface area (TPSA) is 25.8 Å². The molecule has 0 bridgehead atoms. The van der Waals surface area contributed by atoms with Crippen LogP contribution >= 0.6 is 11.3 Å². The smallest absolute Gasteiger partial charge is 0.188 e. The minimum atomic E-state index is -5.60. The lowest BCUT2D eigenvalue weighted by molar-refractivity contribution is -0.289. The molecule has 0 unspecified atom stereocenters. The molecule has 0 fully saturated rings. The molecule has 0 spiro atoms. The normalized spacial score (nSPS) is 13.4. The summed E-state index contributed by atoms with van der Waals surface area (Å²) in [7, 11) is 0. The molecule has 1 rings (SSSR count). The zero-order valence-corrected chi connectivity index (χ0v) is 6.09. The second-order valence-corrected chi connectivity index (χ2v) is 2.65. The monoisotopic (exact) mass is 204 g/mol. The Morgan fingerprint density at radius 2 is 1.75 bits per heavy atom. The van der Waals surface area contributed by atoms with E-state index in [1.54, 1.807) is 0 Å². The second kappa shape index (κ2) is 2.61. The summed E-state index contributed by atoms with van der Waals surface area (Å²) in [5.74, 6) is -4.89. The van der Waals surface area contributed by atoms with Gasteiger partial charge in [-0.15, -0.1) is 10.2 Å². The van der Waals surface area contributed by atoms with E-state index in [9.17, 15) is 22.0 Å². The van der Waals surface area contributed by atoms with E-state index >= 15 is 0 Å². The quantitative estimate of drug-likeness (QED) is 0.655. The number of nitrogens with zero attached hydrogens (tertiary/aromatic N) is 2. The van der Waals surface area contributed by atoms with Crippen molar-refractivity contribution in [1.29, 1.82) is 0 Å². The van der Waals surface area contributed by atoms with Crippen LogP contribution in [0.2, 0.25) is 0 Å². The molecule has 68 valence electrons. The van der Waals surface area contributed by atoms with E-state index < -0.39 is 17.1 Å². The largest absolute Gasteiger partial charge is 0.460 e. The van der Waals surface area contributed by atoms with Gasteiger partial charge in [-0.2, -0.15) is 22.0 Å². The summed E-state index contributed by atoms with van der Waals surface area (Å²) in [5, 5.41) is 4.21. The van der Waals surface area contributed by atoms with E-state index in [1.165, 1.54) is 0 Å². The van der Waals surface area contributed by atoms with Gasteiger partial charge in [-0.1, -0.05) is 11.3 Å². The molecule has 0 aliphatic rings. The fraction of sp³-hybridized carbons (Fsp3) is 0.500. The molecule has 1 heterocycles. The van der Waals surface area contributed by atoms with Gasteiger partial charge in [-0.05, 0) is 0 Å². The maximum Gasteiger partial charge on any atom is 0.460 e. The minimum absolute atomic E-state index is 0.165. The van der Waals surface area contributed by atoms with Crippen molar-refractivity contribution in [2.24, 2.45) is 0 Å². The maximum atomic E-state index is 12.3. The lowest BCUT2D eigenvalue weighted by atomic mass is 10.3. The number of aromatic nitrogens is 2. The number of halogens is 5. The summed E-state index contributed by atoms with van der Waals surface area (Å²) in [5.41, 5.74) is 0.814. The highest BCUT2D eigenvalue weighted by Gasteiger charge is 2.61. The van der Waals surface area contributed by atoms with Crippen LogP contribution in [0.4, 0.5) is 22.0 Å². The lowest BCUT2D eigenvalue weighted by Crippen LogP contribution is -2.33. The van der Waals surface area contributed by atoms with Crippen molar-refractivity contribution in [3.63, 3.8) is 0 Å². The van der Waals surface area contributed by atoms with Gasteiger partial charge in [0.2, 0.25) is 0 Å². The zero-order valence-electron chi connectivity index (χ0n) is 5.27. The molecule has 0 saturated carbocycles. The van der Waals surface area contributed by atoms with Crippen molar-refractivity contribution in [3.8, 4) is 0 Å². The molecule has 12 heavy (non-hydrogen) atoms. The van der Waals surface area contributed by atoms with E-state index in [-0.39, 0.29) is 11.3 Å². The van der Waals surface area contributed by atoms with Gasteiger partial charge in [0, 0.05) is 0 Å². The van der Waals surface area contributed by atoms with Gasteiger partial charge in [-0.3, -0.25) is 0 Å². The Kier molecular flexibility index (Phi) is 2.02. The fourth-order valence-corrected chi connectivity index (χ4v) is 0.983. The van der Waals surface area contributed by atoms with Crippen LogP contribution in [0.1, 0.15) is 5.01 Å². The van der Waals surface area contributed by atoms with Crippen LogP contribution in [0.5, 0.6) is 0 Å². The summed E-state index contributed by atoms with van der Waals surface area (Å²) in [6.07, 6.45) is -5.60. The average molecular weight is 204 g/mol. The Morgan fingerprint density at radius 1 is 1.17 bits per heavy atom. The molecule has 0 aliphatic heterocycles. The van der Waals surface area contributed by atoms with Gasteiger partial charge >= 0.3 is 12.1 Å². The summed E-state index contributed by atoms with van der Waals surface area (Å²) in [4.78, 5) is 0. The van der Waals surface area contributed by atoms with Crippen molar-refractivity contribution >= 4 is 11.3 Å². The Morgan fingerprint density at radius 3 is 2.08 bits per heavy atom. The summed E-state index contributed by atoms with van der Waals surface area (Å²) in [6, 6.07) is 0. The van der Waals surface area contributed by atoms with Crippen LogP contribution in [0.15, 0.2) is 5.51 Å². The average Bonchev–Trinajstić information content (AvgIpc) is 2.34. The SMILES string of the molecule is FC(F)(F)C(F)(F)c1nncs1. The van der Waals surface area contributed by atoms with Gasteiger partial charge in [0.05, 0.1) is 0 Å². The van der Waals surface area contributed by atoms with Crippen LogP contribution < -0.4 is 0 Å². The van der Waals surface area contributed by atoms with Crippen molar-refractivity contribution in [3.05, 3.63) is 10.5 Å². The van der Waals surface area contributed by atoms with E-state index in [0.29, 0.717) is 0 Å². The molecule has 0 atom stereocenters. The Balaban J connectivity index is 3.02. The second-order valence-electron chi connectivity index (χ2n) is 1.82. The van der Waals surface area contributed by atoms with Crippen molar-refractivity contribution in [2.75, 3.05) is 0 Å². The molecular weight excluding hydrogens is 203 g/mol. The summed E-state index contributed by atoms with van der Waals surface area (Å²) < 4.78 is 59.3. The first-order chi connectivity index (χ1) is 5.36. The Hall–Kier alpha value is -0.790. The predicted molar refractivity (Wildman–Crippen MR) is 29.9 cm³/mol. The number of alkyl halides is 5. The Bertz CT molecular complexity index is 253. The van der Waals surface area contributed by atoms with Crippen molar-refractivity contribution in [1.82, 2.24) is 10.2 Å². The van der Waals surface area contributed by atoms with Crippen LogP contribution in [0, 0.1) is 0 Å². The highest BCUT2D eigenvalue weighted by atomic mass is 32.1. The third kappa shape index (κ3) is 1.38. The van der Waals surface area contributed by atoms with Gasteiger partial charge in [0.25, 0.3) is 0 Å². The van der Waals surface area contributed by atoms with Gasteiger partial charge in [0.1, 0.15) is 5.51 Å². The van der Waals surface area contributed by atoms with Crippen molar-refractivity contribution in [2.45, 2.75) is 12.1 Å². The van der Waals surface area contributed by atoms with Crippen LogP contribution in [-0.4, -0.2) is 16.4 Å². The van der Waals surface area contributed by atoms with E-state index in [1.807, 2.05) is 0 Å². The third-order valence-corrected chi connectivity index (χ3v) is 1.75. The molecule has 0 N–H and O–H groups in total. The fourth-order valence-electron chi connectivity index (χ4n) is 0.431. The highest BCUT2D eigenvalue weighted by Crippen LogP contribution is 2.43. The molecule has 0 aromatic carbocycles. The third-order valence-electron chi connectivity index (χ3n) is 0.985. The standard InChI is InChI=1S/C4HF5N2S/c5-3(6,4(7,8)9)2-11-10-1-12-2/h1H.